The molecule has 0 aliphatic carbocycles. The molecule has 4 N–H and O–H groups in total. The number of aromatic amines is 1. The quantitative estimate of drug-likeness (QED) is 0.682. The van der Waals surface area contributed by atoms with Crippen molar-refractivity contribution in [2.24, 2.45) is 0 Å². The largest absolute Gasteiger partial charge is 0.346 e. The number of aromatic nitrogens is 3. The van der Waals surface area contributed by atoms with Gasteiger partial charge < -0.3 is 10.6 Å². The van der Waals surface area contributed by atoms with Crippen LogP contribution in [0.15, 0.2) is 6.33 Å². The molecule has 18 heavy (non-hydrogen) atoms. The molecular formula is C12H22N5O+. The Morgan fingerprint density at radius 1 is 1.39 bits per heavy atom. The SMILES string of the molecule is CC1(C)CC(NC(=O)c2ncn[nH]2)CC(C)(C)[NH2+]1. The molecule has 2 heterocycles. The first-order chi connectivity index (χ1) is 8.27. The summed E-state index contributed by atoms with van der Waals surface area (Å²) in [5, 5.41) is 11.7. The van der Waals surface area contributed by atoms with Crippen LogP contribution in [0.25, 0.3) is 0 Å². The summed E-state index contributed by atoms with van der Waals surface area (Å²) in [4.78, 5) is 15.8. The smallest absolute Gasteiger partial charge is 0.288 e. The molecule has 1 amide bonds. The van der Waals surface area contributed by atoms with Gasteiger partial charge in [-0.3, -0.25) is 9.89 Å². The Morgan fingerprint density at radius 2 is 2.00 bits per heavy atom. The number of nitrogens with one attached hydrogen (secondary N) is 2. The fourth-order valence-electron chi connectivity index (χ4n) is 3.19. The van der Waals surface area contributed by atoms with Crippen molar-refractivity contribution >= 4 is 5.91 Å². The highest BCUT2D eigenvalue weighted by molar-refractivity contribution is 5.90. The Labute approximate surface area is 107 Å². The maximum absolute atomic E-state index is 11.9. The van der Waals surface area contributed by atoms with Gasteiger partial charge in [-0.1, -0.05) is 0 Å². The number of carbonyl (C=O) groups is 1. The van der Waals surface area contributed by atoms with Gasteiger partial charge >= 0.3 is 0 Å². The zero-order chi connectivity index (χ0) is 13.4. The van der Waals surface area contributed by atoms with Crippen LogP contribution in [0, 0.1) is 0 Å². The average Bonchev–Trinajstić information content (AvgIpc) is 2.63. The lowest BCUT2D eigenvalue weighted by atomic mass is 9.79. The lowest BCUT2D eigenvalue weighted by Crippen LogP contribution is -3.06. The van der Waals surface area contributed by atoms with Crippen molar-refractivity contribution in [3.8, 4) is 0 Å². The van der Waals surface area contributed by atoms with Gasteiger partial charge in [0.25, 0.3) is 5.91 Å². The fraction of sp³-hybridized carbons (Fsp3) is 0.750. The molecule has 1 aromatic heterocycles. The summed E-state index contributed by atoms with van der Waals surface area (Å²) >= 11 is 0. The Morgan fingerprint density at radius 3 is 2.50 bits per heavy atom. The zero-order valence-corrected chi connectivity index (χ0v) is 11.4. The summed E-state index contributed by atoms with van der Waals surface area (Å²) in [6.07, 6.45) is 3.25. The minimum Gasteiger partial charge on any atom is -0.346 e. The van der Waals surface area contributed by atoms with Gasteiger partial charge in [-0.05, 0) is 27.7 Å². The molecule has 6 heteroatoms. The van der Waals surface area contributed by atoms with Crippen LogP contribution in [0.1, 0.15) is 51.2 Å². The summed E-state index contributed by atoms with van der Waals surface area (Å²) < 4.78 is 0. The first-order valence-electron chi connectivity index (χ1n) is 6.31. The first kappa shape index (κ1) is 13.0. The third kappa shape index (κ3) is 3.07. The number of piperidine rings is 1. The Kier molecular flexibility index (Phi) is 3.14. The highest BCUT2D eigenvalue weighted by atomic mass is 16.2. The van der Waals surface area contributed by atoms with Crippen LogP contribution in [0.5, 0.6) is 0 Å². The van der Waals surface area contributed by atoms with Gasteiger partial charge in [0, 0.05) is 18.9 Å². The fourth-order valence-corrected chi connectivity index (χ4v) is 3.19. The number of H-pyrrole nitrogens is 1. The normalized spacial score (nSPS) is 22.7. The monoisotopic (exact) mass is 252 g/mol. The van der Waals surface area contributed by atoms with E-state index in [4.69, 9.17) is 0 Å². The Bertz CT molecular complexity index is 408. The summed E-state index contributed by atoms with van der Waals surface area (Å²) in [5.41, 5.74) is 0.280. The van der Waals surface area contributed by atoms with Crippen molar-refractivity contribution in [2.75, 3.05) is 0 Å². The molecule has 1 aromatic rings. The van der Waals surface area contributed by atoms with E-state index in [2.05, 4.69) is 53.5 Å². The van der Waals surface area contributed by atoms with Crippen molar-refractivity contribution in [2.45, 2.75) is 57.7 Å². The molecule has 0 aromatic carbocycles. The van der Waals surface area contributed by atoms with E-state index in [1.807, 2.05) is 0 Å². The lowest BCUT2D eigenvalue weighted by molar-refractivity contribution is -0.787. The van der Waals surface area contributed by atoms with Crippen LogP contribution in [-0.4, -0.2) is 38.2 Å². The maximum atomic E-state index is 11.9. The second kappa shape index (κ2) is 4.35. The van der Waals surface area contributed by atoms with Gasteiger partial charge in [-0.25, -0.2) is 4.98 Å². The third-order valence-corrected chi connectivity index (χ3v) is 3.29. The average molecular weight is 252 g/mol. The topological polar surface area (TPSA) is 87.3 Å². The molecule has 100 valence electrons. The van der Waals surface area contributed by atoms with E-state index in [1.165, 1.54) is 6.33 Å². The minimum absolute atomic E-state index is 0.140. The van der Waals surface area contributed by atoms with Crippen molar-refractivity contribution in [1.29, 1.82) is 0 Å². The Hall–Kier alpha value is -1.43. The van der Waals surface area contributed by atoms with E-state index in [9.17, 15) is 4.79 Å². The van der Waals surface area contributed by atoms with Crippen LogP contribution >= 0.6 is 0 Å². The number of rotatable bonds is 2. The number of quaternary nitrogens is 1. The second-order valence-electron chi connectivity index (χ2n) is 6.53. The van der Waals surface area contributed by atoms with Crippen molar-refractivity contribution in [3.63, 3.8) is 0 Å². The molecule has 0 saturated carbocycles. The van der Waals surface area contributed by atoms with Crippen LogP contribution in [0.4, 0.5) is 0 Å². The molecule has 6 nitrogen and oxygen atoms in total. The van der Waals surface area contributed by atoms with Gasteiger partial charge in [-0.15, -0.1) is 0 Å². The van der Waals surface area contributed by atoms with E-state index in [1.54, 1.807) is 0 Å². The van der Waals surface area contributed by atoms with Crippen LogP contribution < -0.4 is 10.6 Å². The summed E-state index contributed by atoms with van der Waals surface area (Å²) in [6.45, 7) is 8.84. The van der Waals surface area contributed by atoms with E-state index < -0.39 is 0 Å². The number of hydrogen-bond acceptors (Lipinski definition) is 3. The van der Waals surface area contributed by atoms with Gasteiger partial charge in [0.1, 0.15) is 6.33 Å². The van der Waals surface area contributed by atoms with E-state index in [0.717, 1.165) is 12.8 Å². The molecular weight excluding hydrogens is 230 g/mol. The summed E-state index contributed by atoms with van der Waals surface area (Å²) in [7, 11) is 0. The predicted molar refractivity (Wildman–Crippen MR) is 67.0 cm³/mol. The van der Waals surface area contributed by atoms with Gasteiger partial charge in [0.15, 0.2) is 0 Å². The number of carbonyl (C=O) groups excluding carboxylic acids is 1. The Balaban J connectivity index is 2.03. The lowest BCUT2D eigenvalue weighted by Gasteiger charge is -2.43. The van der Waals surface area contributed by atoms with Crippen LogP contribution in [0.2, 0.25) is 0 Å². The third-order valence-electron chi connectivity index (χ3n) is 3.29. The highest BCUT2D eigenvalue weighted by Crippen LogP contribution is 2.21. The predicted octanol–water partition coefficient (Wildman–Crippen LogP) is -0.182. The zero-order valence-electron chi connectivity index (χ0n) is 11.4. The maximum Gasteiger partial charge on any atom is 0.288 e. The molecule has 0 atom stereocenters. The van der Waals surface area contributed by atoms with Crippen LogP contribution in [0.3, 0.4) is 0 Å². The second-order valence-corrected chi connectivity index (χ2v) is 6.53. The molecule has 2 rings (SSSR count). The standard InChI is InChI=1S/C12H21N5O/c1-11(2)5-8(6-12(3,4)17-11)15-10(18)9-13-7-14-16-9/h7-8,17H,5-6H2,1-4H3,(H,15,18)(H,13,14,16)/p+1. The number of nitrogens with two attached hydrogens (primary N) is 1. The molecule has 1 fully saturated rings. The van der Waals surface area contributed by atoms with Gasteiger partial charge in [-0.2, -0.15) is 5.10 Å². The molecule has 1 aliphatic rings. The number of hydrogen-bond donors (Lipinski definition) is 3. The minimum atomic E-state index is -0.175. The molecule has 0 radical (unpaired) electrons. The molecule has 0 bridgehead atoms. The van der Waals surface area contributed by atoms with Crippen molar-refractivity contribution in [1.82, 2.24) is 20.5 Å². The van der Waals surface area contributed by atoms with E-state index in [0.29, 0.717) is 0 Å². The molecule has 1 aliphatic heterocycles. The van der Waals surface area contributed by atoms with E-state index in [-0.39, 0.29) is 28.9 Å². The highest BCUT2D eigenvalue weighted by Gasteiger charge is 2.42. The first-order valence-corrected chi connectivity index (χ1v) is 6.31. The van der Waals surface area contributed by atoms with Crippen LogP contribution in [-0.2, 0) is 0 Å². The summed E-state index contributed by atoms with van der Waals surface area (Å²) in [6, 6.07) is 0.178. The number of nitrogens with zero attached hydrogens (tertiary/aromatic N) is 2. The molecule has 0 unspecified atom stereocenters. The summed E-state index contributed by atoms with van der Waals surface area (Å²) in [5.74, 6) is 0.103. The van der Waals surface area contributed by atoms with Gasteiger partial charge in [0.2, 0.25) is 5.82 Å². The van der Waals surface area contributed by atoms with Crippen molar-refractivity contribution in [3.05, 3.63) is 12.2 Å². The van der Waals surface area contributed by atoms with Crippen molar-refractivity contribution < 1.29 is 10.1 Å². The molecule has 1 saturated heterocycles. The molecule has 0 spiro atoms. The number of amides is 1. The van der Waals surface area contributed by atoms with Gasteiger partial charge in [0.05, 0.1) is 11.1 Å². The van der Waals surface area contributed by atoms with E-state index >= 15 is 0 Å².